The fourth-order valence-corrected chi connectivity index (χ4v) is 1.73. The maximum atomic E-state index is 12.2. The molecular weight excluding hydrogens is 249 g/mol. The number of nitriles is 1. The molecule has 2 nitrogen and oxygen atoms in total. The topological polar surface area (TPSA) is 40.9 Å². The van der Waals surface area contributed by atoms with E-state index in [0.717, 1.165) is 5.56 Å². The van der Waals surface area contributed by atoms with Gasteiger partial charge in [0.2, 0.25) is 0 Å². The first-order valence-corrected chi connectivity index (χ1v) is 5.37. The Bertz CT molecular complexity index is 573. The number of benzene rings is 2. The van der Waals surface area contributed by atoms with Crippen LogP contribution in [0.4, 0.5) is 0 Å². The first-order valence-electron chi connectivity index (χ1n) is 5.37. The summed E-state index contributed by atoms with van der Waals surface area (Å²) >= 11 is 0. The van der Waals surface area contributed by atoms with Gasteiger partial charge >= 0.3 is 51.4 Å². The van der Waals surface area contributed by atoms with Gasteiger partial charge in [0.1, 0.15) is 0 Å². The number of carbonyl (C=O) groups excluding carboxylic acids is 1. The van der Waals surface area contributed by atoms with Gasteiger partial charge in [0, 0.05) is 11.1 Å². The molecule has 2 rings (SSSR count). The van der Waals surface area contributed by atoms with Gasteiger partial charge < -0.3 is 0 Å². The Morgan fingerprint density at radius 3 is 2.28 bits per heavy atom. The van der Waals surface area contributed by atoms with Gasteiger partial charge in [-0.15, -0.1) is 0 Å². The van der Waals surface area contributed by atoms with E-state index in [4.69, 9.17) is 5.26 Å². The van der Waals surface area contributed by atoms with Crippen molar-refractivity contribution < 1.29 is 4.79 Å². The van der Waals surface area contributed by atoms with Gasteiger partial charge in [-0.25, -0.2) is 0 Å². The van der Waals surface area contributed by atoms with Gasteiger partial charge in [0.05, 0.1) is 12.5 Å². The third-order valence-electron chi connectivity index (χ3n) is 2.57. The van der Waals surface area contributed by atoms with E-state index >= 15 is 0 Å². The quantitative estimate of drug-likeness (QED) is 0.628. The third kappa shape index (κ3) is 3.61. The summed E-state index contributed by atoms with van der Waals surface area (Å²) in [6.45, 7) is 0. The Morgan fingerprint density at radius 2 is 1.61 bits per heavy atom. The molecule has 0 spiro atoms. The van der Waals surface area contributed by atoms with E-state index in [1.165, 1.54) is 0 Å². The molecule has 3 heteroatoms. The summed E-state index contributed by atoms with van der Waals surface area (Å²) in [6, 6.07) is 18.4. The first kappa shape index (κ1) is 15.3. The Labute approximate surface area is 149 Å². The molecule has 0 aliphatic carbocycles. The zero-order valence-corrected chi connectivity index (χ0v) is 9.26. The van der Waals surface area contributed by atoms with E-state index in [9.17, 15) is 4.79 Å². The van der Waals surface area contributed by atoms with Crippen LogP contribution in [0.25, 0.3) is 0 Å². The molecule has 0 fully saturated rings. The Hall–Kier alpha value is -0.764. The molecule has 0 aromatic heterocycles. The molecule has 0 radical (unpaired) electrons. The normalized spacial score (nSPS) is 9.06. The summed E-state index contributed by atoms with van der Waals surface area (Å²) in [5, 5.41) is 8.74. The molecule has 0 saturated carbocycles. The van der Waals surface area contributed by atoms with Crippen LogP contribution in [0.2, 0.25) is 0 Å². The molecular formula is C15H12KNO. The number of ketones is 1. The molecule has 2 aromatic carbocycles. The molecule has 2 aromatic rings. The van der Waals surface area contributed by atoms with Crippen molar-refractivity contribution in [2.45, 2.75) is 6.42 Å². The summed E-state index contributed by atoms with van der Waals surface area (Å²) in [6.07, 6.45) is 0.259. The standard InChI is InChI=1S/C15H11NO.K.H/c16-11-10-12-6-4-5-9-14(12)15(17)13-7-2-1-3-8-13;;/h1-9H,10H2;;. The van der Waals surface area contributed by atoms with Crippen molar-refractivity contribution in [1.29, 1.82) is 5.26 Å². The van der Waals surface area contributed by atoms with Crippen LogP contribution in [0.1, 0.15) is 21.5 Å². The number of rotatable bonds is 3. The Balaban J connectivity index is 0.00000162. The minimum atomic E-state index is -0.0311. The second-order valence-corrected chi connectivity index (χ2v) is 3.69. The van der Waals surface area contributed by atoms with E-state index in [1.807, 2.05) is 36.4 Å². The molecule has 0 amide bonds. The van der Waals surface area contributed by atoms with Crippen molar-refractivity contribution in [3.63, 3.8) is 0 Å². The van der Waals surface area contributed by atoms with E-state index < -0.39 is 0 Å². The van der Waals surface area contributed by atoms with Gasteiger partial charge in [-0.3, -0.25) is 4.79 Å². The Morgan fingerprint density at radius 1 is 1.00 bits per heavy atom. The van der Waals surface area contributed by atoms with Crippen LogP contribution in [0, 0.1) is 11.3 Å². The predicted octanol–water partition coefficient (Wildman–Crippen LogP) is 2.34. The second-order valence-electron chi connectivity index (χ2n) is 3.69. The van der Waals surface area contributed by atoms with Gasteiger partial charge in [0.15, 0.2) is 5.78 Å². The van der Waals surface area contributed by atoms with E-state index in [-0.39, 0.29) is 63.6 Å². The summed E-state index contributed by atoms with van der Waals surface area (Å²) < 4.78 is 0. The summed E-state index contributed by atoms with van der Waals surface area (Å²) in [5.41, 5.74) is 2.04. The van der Waals surface area contributed by atoms with Crippen LogP contribution in [-0.4, -0.2) is 57.2 Å². The fraction of sp³-hybridized carbons (Fsp3) is 0.0667. The van der Waals surface area contributed by atoms with E-state index in [2.05, 4.69) is 6.07 Å². The van der Waals surface area contributed by atoms with Crippen LogP contribution >= 0.6 is 0 Å². The number of carbonyl (C=O) groups is 1. The number of nitrogens with zero attached hydrogens (tertiary/aromatic N) is 1. The molecule has 0 saturated heterocycles. The molecule has 0 heterocycles. The van der Waals surface area contributed by atoms with Crippen LogP contribution in [0.5, 0.6) is 0 Å². The minimum absolute atomic E-state index is 0. The van der Waals surface area contributed by atoms with Crippen molar-refractivity contribution in [3.8, 4) is 6.07 Å². The molecule has 18 heavy (non-hydrogen) atoms. The molecule has 0 unspecified atom stereocenters. The average molecular weight is 261 g/mol. The third-order valence-corrected chi connectivity index (χ3v) is 2.57. The van der Waals surface area contributed by atoms with Crippen molar-refractivity contribution >= 4 is 57.2 Å². The average Bonchev–Trinajstić information content (AvgIpc) is 2.40. The van der Waals surface area contributed by atoms with Gasteiger partial charge in [-0.1, -0.05) is 54.6 Å². The molecule has 0 N–H and O–H groups in total. The SMILES string of the molecule is N#CCc1ccccc1C(=O)c1ccccc1.[KH]. The van der Waals surface area contributed by atoms with E-state index in [1.54, 1.807) is 18.2 Å². The van der Waals surface area contributed by atoms with Crippen molar-refractivity contribution in [2.75, 3.05) is 0 Å². The van der Waals surface area contributed by atoms with E-state index in [0.29, 0.717) is 11.1 Å². The van der Waals surface area contributed by atoms with Crippen LogP contribution < -0.4 is 0 Å². The number of hydrogen-bond donors (Lipinski definition) is 0. The monoisotopic (exact) mass is 261 g/mol. The molecule has 0 bridgehead atoms. The van der Waals surface area contributed by atoms with Crippen molar-refractivity contribution in [3.05, 3.63) is 71.3 Å². The van der Waals surface area contributed by atoms with Crippen LogP contribution in [0.15, 0.2) is 54.6 Å². The zero-order valence-electron chi connectivity index (χ0n) is 9.26. The summed E-state index contributed by atoms with van der Waals surface area (Å²) in [4.78, 5) is 12.2. The maximum absolute atomic E-state index is 12.2. The predicted molar refractivity (Wildman–Crippen MR) is 72.8 cm³/mol. The van der Waals surface area contributed by atoms with Crippen molar-refractivity contribution in [1.82, 2.24) is 0 Å². The second kappa shape index (κ2) is 7.62. The molecule has 0 aliphatic heterocycles. The van der Waals surface area contributed by atoms with Crippen LogP contribution in [-0.2, 0) is 6.42 Å². The molecule has 0 aliphatic rings. The Kier molecular flexibility index (Phi) is 6.48. The van der Waals surface area contributed by atoms with Crippen molar-refractivity contribution in [2.24, 2.45) is 0 Å². The van der Waals surface area contributed by atoms with Crippen LogP contribution in [0.3, 0.4) is 0 Å². The first-order chi connectivity index (χ1) is 8.33. The zero-order chi connectivity index (χ0) is 12.1. The van der Waals surface area contributed by atoms with Gasteiger partial charge in [-0.2, -0.15) is 5.26 Å². The number of hydrogen-bond acceptors (Lipinski definition) is 2. The molecule has 84 valence electrons. The molecule has 0 atom stereocenters. The summed E-state index contributed by atoms with van der Waals surface area (Å²) in [7, 11) is 0. The van der Waals surface area contributed by atoms with Gasteiger partial charge in [0.25, 0.3) is 0 Å². The summed E-state index contributed by atoms with van der Waals surface area (Å²) in [5.74, 6) is -0.0311. The van der Waals surface area contributed by atoms with Gasteiger partial charge in [-0.05, 0) is 5.56 Å². The fourth-order valence-electron chi connectivity index (χ4n) is 1.73.